The van der Waals surface area contributed by atoms with Gasteiger partial charge in [0, 0.05) is 35.9 Å². The minimum atomic E-state index is 0.602. The first-order valence-corrected chi connectivity index (χ1v) is 8.19. The Morgan fingerprint density at radius 1 is 1.09 bits per heavy atom. The van der Waals surface area contributed by atoms with Crippen LogP contribution in [0.5, 0.6) is 0 Å². The molecule has 0 fully saturated rings. The number of nitrogens with zero attached hydrogens (tertiary/aromatic N) is 3. The Labute approximate surface area is 147 Å². The second-order valence-electron chi connectivity index (χ2n) is 5.41. The molecule has 0 aliphatic carbocycles. The predicted octanol–water partition coefficient (Wildman–Crippen LogP) is 3.41. The van der Waals surface area contributed by atoms with E-state index in [1.54, 1.807) is 12.3 Å². The van der Waals surface area contributed by atoms with Crippen molar-refractivity contribution in [2.24, 2.45) is 0 Å². The first kappa shape index (κ1) is 17.8. The maximum atomic E-state index is 6.16. The quantitative estimate of drug-likeness (QED) is 0.761. The topological polar surface area (TPSA) is 53.1 Å². The van der Waals surface area contributed by atoms with E-state index in [0.29, 0.717) is 22.5 Å². The zero-order valence-corrected chi connectivity index (χ0v) is 14.8. The number of aromatic nitrogens is 2. The van der Waals surface area contributed by atoms with E-state index < -0.39 is 0 Å². The van der Waals surface area contributed by atoms with E-state index in [2.05, 4.69) is 25.5 Å². The van der Waals surface area contributed by atoms with Gasteiger partial charge in [0.25, 0.3) is 0 Å². The lowest BCUT2D eigenvalue weighted by atomic mass is 10.1. The summed E-state index contributed by atoms with van der Waals surface area (Å²) in [5.41, 5.74) is 1.05. The molecule has 1 aromatic carbocycles. The second kappa shape index (κ2) is 8.91. The number of nitrogens with one attached hydrogen (secondary N) is 2. The molecular formula is C16H21Cl2N5. The summed E-state index contributed by atoms with van der Waals surface area (Å²) < 4.78 is 0. The standard InChI is InChI=1S/C16H21Cl2N5/c1-23(2)10-9-19-15-6-8-21-16(22-15)20-7-5-12-3-4-13(17)11-14(12)18/h3-4,6,8,11H,5,7,9-10H2,1-2H3,(H2,19,20,21,22). The van der Waals surface area contributed by atoms with E-state index in [9.17, 15) is 0 Å². The largest absolute Gasteiger partial charge is 0.369 e. The third-order valence-electron chi connectivity index (χ3n) is 3.21. The molecule has 0 saturated heterocycles. The molecule has 0 saturated carbocycles. The van der Waals surface area contributed by atoms with E-state index in [1.807, 2.05) is 32.3 Å². The summed E-state index contributed by atoms with van der Waals surface area (Å²) in [7, 11) is 4.08. The van der Waals surface area contributed by atoms with Gasteiger partial charge in [0.1, 0.15) is 5.82 Å². The molecule has 0 radical (unpaired) electrons. The monoisotopic (exact) mass is 353 g/mol. The number of halogens is 2. The van der Waals surface area contributed by atoms with Crippen molar-refractivity contribution in [1.29, 1.82) is 0 Å². The summed E-state index contributed by atoms with van der Waals surface area (Å²) in [5.74, 6) is 1.42. The predicted molar refractivity (Wildman–Crippen MR) is 97.7 cm³/mol. The van der Waals surface area contributed by atoms with Gasteiger partial charge in [-0.15, -0.1) is 0 Å². The average molecular weight is 354 g/mol. The first-order valence-electron chi connectivity index (χ1n) is 7.44. The highest BCUT2D eigenvalue weighted by Crippen LogP contribution is 2.21. The number of benzene rings is 1. The number of anilines is 2. The van der Waals surface area contributed by atoms with Crippen LogP contribution in [0.1, 0.15) is 5.56 Å². The fraction of sp³-hybridized carbons (Fsp3) is 0.375. The van der Waals surface area contributed by atoms with Crippen LogP contribution in [0.25, 0.3) is 0 Å². The maximum Gasteiger partial charge on any atom is 0.224 e. The molecule has 1 aromatic heterocycles. The normalized spacial score (nSPS) is 10.8. The lowest BCUT2D eigenvalue weighted by molar-refractivity contribution is 0.425. The SMILES string of the molecule is CN(C)CCNc1ccnc(NCCc2ccc(Cl)cc2Cl)n1. The number of likely N-dealkylation sites (N-methyl/N-ethyl adjacent to an activating group) is 1. The Kier molecular flexibility index (Phi) is 6.89. The van der Waals surface area contributed by atoms with Crippen LogP contribution in [0, 0.1) is 0 Å². The molecule has 2 rings (SSSR count). The van der Waals surface area contributed by atoms with E-state index in [-0.39, 0.29) is 0 Å². The number of rotatable bonds is 8. The van der Waals surface area contributed by atoms with Gasteiger partial charge in [0.2, 0.25) is 5.95 Å². The van der Waals surface area contributed by atoms with Crippen LogP contribution in [0.15, 0.2) is 30.5 Å². The highest BCUT2D eigenvalue weighted by atomic mass is 35.5. The fourth-order valence-electron chi connectivity index (χ4n) is 1.98. The minimum absolute atomic E-state index is 0.602. The molecule has 5 nitrogen and oxygen atoms in total. The molecule has 0 bridgehead atoms. The Morgan fingerprint density at radius 2 is 1.91 bits per heavy atom. The zero-order chi connectivity index (χ0) is 16.7. The van der Waals surface area contributed by atoms with Crippen LogP contribution < -0.4 is 10.6 Å². The Balaban J connectivity index is 1.83. The molecule has 23 heavy (non-hydrogen) atoms. The lowest BCUT2D eigenvalue weighted by Gasteiger charge is -2.11. The molecular weight excluding hydrogens is 333 g/mol. The van der Waals surface area contributed by atoms with Gasteiger partial charge in [-0.25, -0.2) is 4.98 Å². The molecule has 0 atom stereocenters. The van der Waals surface area contributed by atoms with Crippen LogP contribution in [0.4, 0.5) is 11.8 Å². The summed E-state index contributed by atoms with van der Waals surface area (Å²) in [6.45, 7) is 2.48. The molecule has 0 aliphatic rings. The number of hydrogen-bond donors (Lipinski definition) is 2. The van der Waals surface area contributed by atoms with E-state index in [0.717, 1.165) is 30.9 Å². The summed E-state index contributed by atoms with van der Waals surface area (Å²) in [6.07, 6.45) is 2.51. The van der Waals surface area contributed by atoms with Crippen molar-refractivity contribution in [3.05, 3.63) is 46.1 Å². The van der Waals surface area contributed by atoms with Crippen LogP contribution in [0.3, 0.4) is 0 Å². The van der Waals surface area contributed by atoms with Gasteiger partial charge in [-0.3, -0.25) is 0 Å². The number of hydrogen-bond acceptors (Lipinski definition) is 5. The fourth-order valence-corrected chi connectivity index (χ4v) is 2.49. The molecule has 7 heteroatoms. The van der Waals surface area contributed by atoms with Gasteiger partial charge >= 0.3 is 0 Å². The van der Waals surface area contributed by atoms with E-state index in [1.165, 1.54) is 0 Å². The molecule has 2 aromatic rings. The molecule has 0 amide bonds. The average Bonchev–Trinajstić information content (AvgIpc) is 2.49. The Morgan fingerprint density at radius 3 is 2.65 bits per heavy atom. The minimum Gasteiger partial charge on any atom is -0.369 e. The van der Waals surface area contributed by atoms with Crippen molar-refractivity contribution in [2.75, 3.05) is 44.4 Å². The summed E-state index contributed by atoms with van der Waals surface area (Å²) in [6, 6.07) is 7.39. The molecule has 124 valence electrons. The summed E-state index contributed by atoms with van der Waals surface area (Å²) in [5, 5.41) is 7.81. The third-order valence-corrected chi connectivity index (χ3v) is 3.80. The van der Waals surface area contributed by atoms with Crippen molar-refractivity contribution in [1.82, 2.24) is 14.9 Å². The van der Waals surface area contributed by atoms with Gasteiger partial charge in [0.15, 0.2) is 0 Å². The van der Waals surface area contributed by atoms with Crippen molar-refractivity contribution in [3.63, 3.8) is 0 Å². The highest BCUT2D eigenvalue weighted by Gasteiger charge is 2.03. The molecule has 1 heterocycles. The summed E-state index contributed by atoms with van der Waals surface area (Å²) in [4.78, 5) is 10.8. The van der Waals surface area contributed by atoms with Crippen molar-refractivity contribution >= 4 is 35.0 Å². The van der Waals surface area contributed by atoms with Crippen molar-refractivity contribution in [2.45, 2.75) is 6.42 Å². The molecule has 0 spiro atoms. The van der Waals surface area contributed by atoms with Crippen molar-refractivity contribution in [3.8, 4) is 0 Å². The zero-order valence-electron chi connectivity index (χ0n) is 13.3. The second-order valence-corrected chi connectivity index (χ2v) is 6.25. The van der Waals surface area contributed by atoms with Crippen LogP contribution in [-0.4, -0.2) is 48.6 Å². The molecule has 0 unspecified atom stereocenters. The van der Waals surface area contributed by atoms with Gasteiger partial charge < -0.3 is 15.5 Å². The van der Waals surface area contributed by atoms with Gasteiger partial charge in [-0.05, 0) is 44.3 Å². The van der Waals surface area contributed by atoms with Crippen LogP contribution >= 0.6 is 23.2 Å². The van der Waals surface area contributed by atoms with Gasteiger partial charge in [-0.2, -0.15) is 4.98 Å². The first-order chi connectivity index (χ1) is 11.0. The van der Waals surface area contributed by atoms with E-state index in [4.69, 9.17) is 23.2 Å². The van der Waals surface area contributed by atoms with E-state index >= 15 is 0 Å². The Hall–Kier alpha value is -1.56. The summed E-state index contributed by atoms with van der Waals surface area (Å²) >= 11 is 12.1. The maximum absolute atomic E-state index is 6.16. The Bertz CT molecular complexity index is 634. The van der Waals surface area contributed by atoms with Crippen molar-refractivity contribution < 1.29 is 0 Å². The lowest BCUT2D eigenvalue weighted by Crippen LogP contribution is -2.21. The highest BCUT2D eigenvalue weighted by molar-refractivity contribution is 6.35. The third kappa shape index (κ3) is 6.22. The smallest absolute Gasteiger partial charge is 0.224 e. The molecule has 2 N–H and O–H groups in total. The van der Waals surface area contributed by atoms with Gasteiger partial charge in [0.05, 0.1) is 0 Å². The van der Waals surface area contributed by atoms with Crippen LogP contribution in [-0.2, 0) is 6.42 Å². The van der Waals surface area contributed by atoms with Crippen LogP contribution in [0.2, 0.25) is 10.0 Å². The van der Waals surface area contributed by atoms with Gasteiger partial charge in [-0.1, -0.05) is 29.3 Å². The molecule has 0 aliphatic heterocycles.